The fraction of sp³-hybridized carbons (Fsp3) is 0. The number of rotatable bonds is 5. The Bertz CT molecular complexity index is 4040. The first kappa shape index (κ1) is 23.2. The van der Waals surface area contributed by atoms with Crippen LogP contribution in [0, 0.1) is 0 Å². The summed E-state index contributed by atoms with van der Waals surface area (Å²) in [5.41, 5.74) is 4.48. The van der Waals surface area contributed by atoms with E-state index in [9.17, 15) is 8.22 Å². The van der Waals surface area contributed by atoms with E-state index < -0.39 is 42.3 Å². The third-order valence-corrected chi connectivity index (χ3v) is 10.4. The summed E-state index contributed by atoms with van der Waals surface area (Å²) in [6.45, 7) is 0. The molecule has 0 aliphatic rings. The maximum atomic E-state index is 9.63. The molecule has 0 aliphatic heterocycles. The number of hydrogen-bond donors (Lipinski definition) is 0. The Hall–Kier alpha value is -7.83. The standard InChI is InChI=1S/C51H31N5O/c1-4-15-32(16-5-1)49-52-50(33-17-6-2-7-18-33)54-51(53-49)34-27-30-45-41(31-34)40-23-14-26-44(48(40)57-45)56-43-25-13-11-22-37(43)39-29-28-38-36-21-10-12-24-42(36)55(46(38)47(39)56)35-19-8-3-9-20-35/h1-31H/i10D,11D,12D,13D,21D,22D,24D,25D,28D,29D. The molecule has 12 rings (SSSR count). The maximum Gasteiger partial charge on any atom is 0.164 e. The van der Waals surface area contributed by atoms with Gasteiger partial charge in [0.25, 0.3) is 0 Å². The monoisotopic (exact) mass is 739 g/mol. The molecule has 0 spiro atoms. The van der Waals surface area contributed by atoms with Crippen molar-refractivity contribution in [3.8, 4) is 45.5 Å². The van der Waals surface area contributed by atoms with Crippen molar-refractivity contribution in [2.24, 2.45) is 0 Å². The fourth-order valence-electron chi connectivity index (χ4n) is 7.92. The average molecular weight is 740 g/mol. The number of aromatic nitrogens is 5. The lowest BCUT2D eigenvalue weighted by molar-refractivity contribution is 0.666. The Morgan fingerprint density at radius 1 is 0.421 bits per heavy atom. The van der Waals surface area contributed by atoms with Crippen LogP contribution in [0.1, 0.15) is 13.7 Å². The van der Waals surface area contributed by atoms with Crippen LogP contribution in [0.5, 0.6) is 0 Å². The normalized spacial score (nSPS) is 14.3. The van der Waals surface area contributed by atoms with Crippen molar-refractivity contribution >= 4 is 65.6 Å². The third-order valence-electron chi connectivity index (χ3n) is 10.4. The molecule has 0 saturated carbocycles. The van der Waals surface area contributed by atoms with Gasteiger partial charge >= 0.3 is 0 Å². The van der Waals surface area contributed by atoms with E-state index in [-0.39, 0.29) is 61.7 Å². The minimum Gasteiger partial charge on any atom is -0.454 e. The number of furan rings is 1. The fourth-order valence-corrected chi connectivity index (χ4v) is 7.92. The van der Waals surface area contributed by atoms with Crippen molar-refractivity contribution in [1.82, 2.24) is 24.1 Å². The summed E-state index contributed by atoms with van der Waals surface area (Å²) in [5.74, 6) is 1.42. The Morgan fingerprint density at radius 2 is 0.965 bits per heavy atom. The molecule has 8 aromatic carbocycles. The highest BCUT2D eigenvalue weighted by atomic mass is 16.3. The molecule has 12 aromatic rings. The molecule has 266 valence electrons. The van der Waals surface area contributed by atoms with Crippen molar-refractivity contribution in [3.05, 3.63) is 188 Å². The Balaban J connectivity index is 1.22. The minimum absolute atomic E-state index is 0.000463. The number of hydrogen-bond acceptors (Lipinski definition) is 4. The second kappa shape index (κ2) is 12.3. The molecule has 0 atom stereocenters. The van der Waals surface area contributed by atoms with E-state index in [4.69, 9.17) is 24.9 Å². The van der Waals surface area contributed by atoms with Crippen LogP contribution in [0.3, 0.4) is 0 Å². The summed E-state index contributed by atoms with van der Waals surface area (Å²) in [4.78, 5) is 14.7. The minimum atomic E-state index is -0.524. The molecule has 0 unspecified atom stereocenters. The highest BCUT2D eigenvalue weighted by Gasteiger charge is 2.23. The van der Waals surface area contributed by atoms with Gasteiger partial charge in [-0.2, -0.15) is 0 Å². The van der Waals surface area contributed by atoms with Crippen LogP contribution < -0.4 is 0 Å². The first-order valence-corrected chi connectivity index (χ1v) is 18.3. The van der Waals surface area contributed by atoms with E-state index in [0.29, 0.717) is 56.3 Å². The second-order valence-electron chi connectivity index (χ2n) is 13.7. The van der Waals surface area contributed by atoms with Crippen molar-refractivity contribution in [3.63, 3.8) is 0 Å². The topological polar surface area (TPSA) is 61.7 Å². The van der Waals surface area contributed by atoms with Crippen molar-refractivity contribution in [2.45, 2.75) is 0 Å². The Kier molecular flexibility index (Phi) is 5.02. The summed E-state index contributed by atoms with van der Waals surface area (Å²) in [6.07, 6.45) is 0. The van der Waals surface area contributed by atoms with Crippen molar-refractivity contribution < 1.29 is 18.1 Å². The first-order chi connectivity index (χ1) is 32.4. The van der Waals surface area contributed by atoms with Crippen LogP contribution in [-0.4, -0.2) is 24.1 Å². The molecule has 0 saturated heterocycles. The van der Waals surface area contributed by atoms with E-state index >= 15 is 0 Å². The lowest BCUT2D eigenvalue weighted by atomic mass is 10.1. The van der Waals surface area contributed by atoms with Gasteiger partial charge in [-0.05, 0) is 48.5 Å². The molecule has 6 nitrogen and oxygen atoms in total. The van der Waals surface area contributed by atoms with Crippen LogP contribution in [0.4, 0.5) is 0 Å². The molecule has 4 heterocycles. The molecule has 0 bridgehead atoms. The van der Waals surface area contributed by atoms with Gasteiger partial charge in [0.15, 0.2) is 23.1 Å². The summed E-state index contributed by atoms with van der Waals surface area (Å²) in [6, 6.07) is 34.9. The van der Waals surface area contributed by atoms with Gasteiger partial charge in [0.05, 0.1) is 41.5 Å². The van der Waals surface area contributed by atoms with Gasteiger partial charge < -0.3 is 13.6 Å². The van der Waals surface area contributed by atoms with Gasteiger partial charge in [0.2, 0.25) is 0 Å². The van der Waals surface area contributed by atoms with Crippen LogP contribution in [0.15, 0.2) is 192 Å². The summed E-state index contributed by atoms with van der Waals surface area (Å²) >= 11 is 0. The van der Waals surface area contributed by atoms with E-state index in [1.807, 2.05) is 84.9 Å². The lowest BCUT2D eigenvalue weighted by Gasteiger charge is -2.12. The number of para-hydroxylation sites is 4. The van der Waals surface area contributed by atoms with E-state index in [2.05, 4.69) is 0 Å². The van der Waals surface area contributed by atoms with E-state index in [0.717, 1.165) is 11.1 Å². The molecule has 0 amide bonds. The second-order valence-corrected chi connectivity index (χ2v) is 13.7. The highest BCUT2D eigenvalue weighted by Crippen LogP contribution is 2.44. The summed E-state index contributed by atoms with van der Waals surface area (Å²) < 4.78 is 101. The Labute approximate surface area is 340 Å². The molecule has 6 heteroatoms. The number of nitrogens with zero attached hydrogens (tertiary/aromatic N) is 5. The summed E-state index contributed by atoms with van der Waals surface area (Å²) in [5, 5.41) is 1.48. The zero-order valence-electron chi connectivity index (χ0n) is 39.8. The largest absolute Gasteiger partial charge is 0.454 e. The van der Waals surface area contributed by atoms with Gasteiger partial charge in [-0.3, -0.25) is 0 Å². The number of benzene rings is 8. The maximum absolute atomic E-state index is 9.63. The molecular weight excluding hydrogens is 699 g/mol. The highest BCUT2D eigenvalue weighted by molar-refractivity contribution is 6.24. The molecule has 0 radical (unpaired) electrons. The first-order valence-electron chi connectivity index (χ1n) is 23.3. The summed E-state index contributed by atoms with van der Waals surface area (Å²) in [7, 11) is 0. The lowest BCUT2D eigenvalue weighted by Crippen LogP contribution is -2.00. The van der Waals surface area contributed by atoms with Gasteiger partial charge in [-0.1, -0.05) is 139 Å². The zero-order valence-corrected chi connectivity index (χ0v) is 29.8. The quantitative estimate of drug-likeness (QED) is 0.176. The smallest absolute Gasteiger partial charge is 0.164 e. The van der Waals surface area contributed by atoms with Crippen molar-refractivity contribution in [1.29, 1.82) is 0 Å². The van der Waals surface area contributed by atoms with Gasteiger partial charge in [-0.25, -0.2) is 15.0 Å². The zero-order chi connectivity index (χ0) is 46.2. The molecular formula is C51H31N5O. The molecule has 0 fully saturated rings. The predicted molar refractivity (Wildman–Crippen MR) is 232 cm³/mol. The number of fused-ring (bicyclic) bond motifs is 10. The van der Waals surface area contributed by atoms with Gasteiger partial charge in [-0.15, -0.1) is 0 Å². The van der Waals surface area contributed by atoms with Crippen LogP contribution in [-0.2, 0) is 0 Å². The van der Waals surface area contributed by atoms with E-state index in [1.165, 1.54) is 0 Å². The predicted octanol–water partition coefficient (Wildman–Crippen LogP) is 13.0. The SMILES string of the molecule is [2H]c1c([2H])c([2H])c2c(c1[2H])c1c([2H])c([2H])c3c4c([2H])c([2H])c([2H])c([2H])c4n(-c4cccc5c4oc4ccc(-c6nc(-c7ccccc7)nc(-c7ccccc7)n6)cc45)c3c1n2-c1ccccc1. The van der Waals surface area contributed by atoms with E-state index in [1.54, 1.807) is 51.6 Å². The van der Waals surface area contributed by atoms with Gasteiger partial charge in [0, 0.05) is 54.7 Å². The molecule has 0 aliphatic carbocycles. The average Bonchev–Trinajstić information content (AvgIpc) is 4.05. The molecule has 57 heavy (non-hydrogen) atoms. The Morgan fingerprint density at radius 3 is 1.60 bits per heavy atom. The molecule has 4 aromatic heterocycles. The molecule has 0 N–H and O–H groups in total. The van der Waals surface area contributed by atoms with Crippen LogP contribution in [0.25, 0.3) is 111 Å². The third kappa shape index (κ3) is 4.81. The van der Waals surface area contributed by atoms with Crippen LogP contribution in [0.2, 0.25) is 0 Å². The van der Waals surface area contributed by atoms with Crippen molar-refractivity contribution in [2.75, 3.05) is 0 Å². The van der Waals surface area contributed by atoms with Crippen LogP contribution >= 0.6 is 0 Å². The van der Waals surface area contributed by atoms with Gasteiger partial charge in [0.1, 0.15) is 5.58 Å².